The summed E-state index contributed by atoms with van der Waals surface area (Å²) >= 11 is 0. The van der Waals surface area contributed by atoms with Crippen molar-refractivity contribution < 1.29 is 27.9 Å². The Kier molecular flexibility index (Phi) is 4.40. The number of halogens is 3. The monoisotopic (exact) mass is 337 g/mol. The molecule has 6 nitrogen and oxygen atoms in total. The molecule has 1 aliphatic carbocycles. The van der Waals surface area contributed by atoms with Crippen LogP contribution in [0.5, 0.6) is 0 Å². The molecule has 1 heterocycles. The van der Waals surface area contributed by atoms with Crippen LogP contribution in [-0.4, -0.2) is 46.7 Å². The summed E-state index contributed by atoms with van der Waals surface area (Å²) in [6.45, 7) is 2.43. The van der Waals surface area contributed by atoms with E-state index in [9.17, 15) is 27.9 Å². The second kappa shape index (κ2) is 5.62. The van der Waals surface area contributed by atoms with Gasteiger partial charge in [-0.2, -0.15) is 13.2 Å². The second-order valence-corrected chi connectivity index (χ2v) is 6.82. The van der Waals surface area contributed by atoms with Crippen molar-refractivity contribution in [1.82, 2.24) is 10.3 Å². The first kappa shape index (κ1) is 18.0. The van der Waals surface area contributed by atoms with Crippen molar-refractivity contribution in [3.63, 3.8) is 0 Å². The van der Waals surface area contributed by atoms with E-state index in [1.807, 2.05) is 0 Å². The van der Waals surface area contributed by atoms with Crippen LogP contribution in [0.3, 0.4) is 0 Å². The smallest absolute Gasteiger partial charge is 0.373 e. The summed E-state index contributed by atoms with van der Waals surface area (Å²) in [5.74, 6) is 3.42. The lowest BCUT2D eigenvalue weighted by molar-refractivity contribution is -0.251. The predicted molar refractivity (Wildman–Crippen MR) is 74.5 cm³/mol. The Hall–Kier alpha value is -1.35. The van der Waals surface area contributed by atoms with E-state index in [0.29, 0.717) is 26.2 Å². The number of alkyl halides is 3. The number of piperidine rings is 1. The molecule has 2 rings (SSSR count). The maximum atomic E-state index is 12.8. The average Bonchev–Trinajstić information content (AvgIpc) is 3.25. The molecule has 0 aromatic heterocycles. The lowest BCUT2D eigenvalue weighted by Crippen LogP contribution is -2.59. The summed E-state index contributed by atoms with van der Waals surface area (Å²) in [7, 11) is 0. The number of carbonyl (C=O) groups is 2. The van der Waals surface area contributed by atoms with Crippen molar-refractivity contribution in [3.8, 4) is 0 Å². The summed E-state index contributed by atoms with van der Waals surface area (Å²) in [5, 5.41) is 9.53. The Bertz CT molecular complexity index is 503. The third kappa shape index (κ3) is 2.91. The second-order valence-electron chi connectivity index (χ2n) is 6.82. The molecular formula is C14H22F3N3O3. The van der Waals surface area contributed by atoms with Crippen molar-refractivity contribution in [1.29, 1.82) is 0 Å². The number of nitrogens with one attached hydrogen (secondary N) is 1. The zero-order chi connectivity index (χ0) is 17.6. The van der Waals surface area contributed by atoms with Crippen molar-refractivity contribution in [2.45, 2.75) is 44.9 Å². The first-order valence-electron chi connectivity index (χ1n) is 7.57. The fraction of sp³-hybridized carbons (Fsp3) is 0.857. The van der Waals surface area contributed by atoms with E-state index in [2.05, 4.69) is 5.43 Å². The molecule has 3 atom stereocenters. The molecule has 0 bridgehead atoms. The van der Waals surface area contributed by atoms with E-state index in [0.717, 1.165) is 4.90 Å². The van der Waals surface area contributed by atoms with Crippen molar-refractivity contribution in [2.75, 3.05) is 13.1 Å². The number of nitrogens with zero attached hydrogens (tertiary/aromatic N) is 1. The highest BCUT2D eigenvalue weighted by molar-refractivity contribution is 5.86. The lowest BCUT2D eigenvalue weighted by Gasteiger charge is -2.42. The van der Waals surface area contributed by atoms with Gasteiger partial charge in [-0.05, 0) is 38.0 Å². The molecule has 2 fully saturated rings. The zero-order valence-corrected chi connectivity index (χ0v) is 13.1. The van der Waals surface area contributed by atoms with Crippen LogP contribution in [0.4, 0.5) is 13.2 Å². The van der Waals surface area contributed by atoms with E-state index in [-0.39, 0.29) is 30.8 Å². The molecule has 0 spiro atoms. The van der Waals surface area contributed by atoms with Crippen LogP contribution < -0.4 is 11.3 Å². The molecule has 23 heavy (non-hydrogen) atoms. The standard InChI is InChI=1S/C14H22F3N3O3/c1-8-7-20(11(22)12(2,23)14(15,16)17)6-3-9(8)13(4-5-13)10(21)19-18/h8-9,23H,3-7,18H2,1-2H3,(H,19,21)/t8?,9?,12-/m1/s1. The molecule has 0 aromatic carbocycles. The number of hydrogen-bond acceptors (Lipinski definition) is 4. The van der Waals surface area contributed by atoms with E-state index < -0.39 is 23.1 Å². The fourth-order valence-corrected chi connectivity index (χ4v) is 3.62. The molecule has 4 N–H and O–H groups in total. The average molecular weight is 337 g/mol. The maximum absolute atomic E-state index is 12.8. The summed E-state index contributed by atoms with van der Waals surface area (Å²) < 4.78 is 38.4. The maximum Gasteiger partial charge on any atom is 0.426 e. The van der Waals surface area contributed by atoms with Gasteiger partial charge in [0.15, 0.2) is 0 Å². The topological polar surface area (TPSA) is 95.7 Å². The van der Waals surface area contributed by atoms with Crippen LogP contribution in [0, 0.1) is 17.3 Å². The van der Waals surface area contributed by atoms with Crippen LogP contribution in [0.25, 0.3) is 0 Å². The number of nitrogens with two attached hydrogens (primary N) is 1. The van der Waals surface area contributed by atoms with Gasteiger partial charge in [0.25, 0.3) is 5.91 Å². The van der Waals surface area contributed by atoms with Gasteiger partial charge in [0.05, 0.1) is 5.41 Å². The summed E-state index contributed by atoms with van der Waals surface area (Å²) in [5.41, 5.74) is -1.80. The van der Waals surface area contributed by atoms with E-state index in [1.165, 1.54) is 0 Å². The predicted octanol–water partition coefficient (Wildman–Crippen LogP) is 0.554. The van der Waals surface area contributed by atoms with Gasteiger partial charge in [-0.3, -0.25) is 15.0 Å². The van der Waals surface area contributed by atoms with Crippen LogP contribution in [0.2, 0.25) is 0 Å². The normalized spacial score (nSPS) is 29.6. The van der Waals surface area contributed by atoms with Crippen LogP contribution in [-0.2, 0) is 9.59 Å². The van der Waals surface area contributed by atoms with Gasteiger partial charge >= 0.3 is 6.18 Å². The Morgan fingerprint density at radius 1 is 1.35 bits per heavy atom. The number of rotatable bonds is 3. The molecule has 1 saturated carbocycles. The van der Waals surface area contributed by atoms with Gasteiger partial charge < -0.3 is 10.0 Å². The molecule has 0 radical (unpaired) electrons. The van der Waals surface area contributed by atoms with E-state index in [1.54, 1.807) is 6.92 Å². The van der Waals surface area contributed by atoms with Gasteiger partial charge in [0.1, 0.15) is 0 Å². The zero-order valence-electron chi connectivity index (χ0n) is 13.1. The summed E-state index contributed by atoms with van der Waals surface area (Å²) in [4.78, 5) is 25.0. The van der Waals surface area contributed by atoms with E-state index in [4.69, 9.17) is 5.84 Å². The van der Waals surface area contributed by atoms with Crippen LogP contribution >= 0.6 is 0 Å². The lowest BCUT2D eigenvalue weighted by atomic mass is 9.74. The van der Waals surface area contributed by atoms with Crippen molar-refractivity contribution >= 4 is 11.8 Å². The number of hydrogen-bond donors (Lipinski definition) is 3. The van der Waals surface area contributed by atoms with Gasteiger partial charge in [0, 0.05) is 13.1 Å². The minimum absolute atomic E-state index is 0.0362. The van der Waals surface area contributed by atoms with Gasteiger partial charge in [-0.1, -0.05) is 6.92 Å². The number of likely N-dealkylation sites (tertiary alicyclic amines) is 1. The molecule has 132 valence electrons. The third-order valence-corrected chi connectivity index (χ3v) is 5.24. The number of carbonyl (C=O) groups excluding carboxylic acids is 2. The molecule has 1 saturated heterocycles. The molecule has 9 heteroatoms. The van der Waals surface area contributed by atoms with Crippen molar-refractivity contribution in [2.24, 2.45) is 23.1 Å². The number of amides is 2. The van der Waals surface area contributed by atoms with Gasteiger partial charge in [0.2, 0.25) is 11.5 Å². The Morgan fingerprint density at radius 2 is 1.91 bits per heavy atom. The third-order valence-electron chi connectivity index (χ3n) is 5.24. The quantitative estimate of drug-likeness (QED) is 0.398. The van der Waals surface area contributed by atoms with Crippen LogP contribution in [0.1, 0.15) is 33.1 Å². The highest BCUT2D eigenvalue weighted by atomic mass is 19.4. The number of aliphatic hydroxyl groups is 1. The van der Waals surface area contributed by atoms with E-state index >= 15 is 0 Å². The number of hydrazine groups is 1. The molecular weight excluding hydrogens is 315 g/mol. The Balaban J connectivity index is 2.08. The first-order valence-corrected chi connectivity index (χ1v) is 7.57. The molecule has 0 aromatic rings. The summed E-state index contributed by atoms with van der Waals surface area (Å²) in [6.07, 6.45) is -3.23. The summed E-state index contributed by atoms with van der Waals surface area (Å²) in [6, 6.07) is 0. The van der Waals surface area contributed by atoms with Crippen molar-refractivity contribution in [3.05, 3.63) is 0 Å². The first-order chi connectivity index (χ1) is 10.5. The molecule has 1 aliphatic heterocycles. The highest BCUT2D eigenvalue weighted by Crippen LogP contribution is 2.56. The molecule has 2 aliphatic rings. The SMILES string of the molecule is CC1CN(C(=O)[C@@](C)(O)C(F)(F)F)CCC1C1(C(=O)NN)CC1. The molecule has 2 amide bonds. The van der Waals surface area contributed by atoms with Crippen LogP contribution in [0.15, 0.2) is 0 Å². The minimum Gasteiger partial charge on any atom is -0.373 e. The van der Waals surface area contributed by atoms with Gasteiger partial charge in [-0.25, -0.2) is 5.84 Å². The Labute approximate surface area is 132 Å². The minimum atomic E-state index is -5.03. The largest absolute Gasteiger partial charge is 0.426 e. The van der Waals surface area contributed by atoms with Gasteiger partial charge in [-0.15, -0.1) is 0 Å². The molecule has 2 unspecified atom stereocenters. The fourth-order valence-electron chi connectivity index (χ4n) is 3.62. The Morgan fingerprint density at radius 3 is 2.30 bits per heavy atom. The highest BCUT2D eigenvalue weighted by Gasteiger charge is 2.60.